The monoisotopic (exact) mass is 275 g/mol. The van der Waals surface area contributed by atoms with E-state index in [1.165, 1.54) is 38.8 Å². The molecule has 2 N–H and O–H groups in total. The minimum atomic E-state index is 0.553. The number of hydrogen-bond acceptors (Lipinski definition) is 5. The van der Waals surface area contributed by atoms with E-state index in [-0.39, 0.29) is 0 Å². The van der Waals surface area contributed by atoms with Crippen molar-refractivity contribution in [3.63, 3.8) is 0 Å². The molecule has 0 bridgehead atoms. The van der Waals surface area contributed by atoms with Gasteiger partial charge in [-0.1, -0.05) is 0 Å². The third-order valence-electron chi connectivity index (χ3n) is 4.47. The predicted molar refractivity (Wildman–Crippen MR) is 82.2 cm³/mol. The number of piperidine rings is 1. The number of aryl methyl sites for hydroxylation is 1. The first kappa shape index (κ1) is 13.6. The molecule has 3 heterocycles. The van der Waals surface area contributed by atoms with Crippen LogP contribution in [0.3, 0.4) is 0 Å². The van der Waals surface area contributed by atoms with E-state index in [4.69, 9.17) is 0 Å². The first-order valence-corrected chi connectivity index (χ1v) is 7.84. The standard InChI is InChI=1S/C15H25N5/c1-3-16-15-17-10-11(2)14(19-15)18-12-6-8-20-7-4-5-13(20)9-12/h10,12-13H,3-9H2,1-2H3,(H2,16,17,18,19). The Labute approximate surface area is 121 Å². The molecule has 3 rings (SSSR count). The minimum Gasteiger partial charge on any atom is -0.367 e. The van der Waals surface area contributed by atoms with Crippen LogP contribution in [0.15, 0.2) is 6.20 Å². The third kappa shape index (κ3) is 2.87. The third-order valence-corrected chi connectivity index (χ3v) is 4.47. The van der Waals surface area contributed by atoms with Crippen molar-refractivity contribution in [3.8, 4) is 0 Å². The van der Waals surface area contributed by atoms with Crippen LogP contribution in [0.4, 0.5) is 11.8 Å². The van der Waals surface area contributed by atoms with E-state index in [1.807, 2.05) is 6.20 Å². The number of aromatic nitrogens is 2. The molecule has 2 atom stereocenters. The fourth-order valence-electron chi connectivity index (χ4n) is 3.38. The topological polar surface area (TPSA) is 53.1 Å². The van der Waals surface area contributed by atoms with Crippen LogP contribution in [0.2, 0.25) is 0 Å². The van der Waals surface area contributed by atoms with E-state index in [1.54, 1.807) is 0 Å². The Kier molecular flexibility index (Phi) is 4.05. The van der Waals surface area contributed by atoms with E-state index >= 15 is 0 Å². The highest BCUT2D eigenvalue weighted by Crippen LogP contribution is 2.28. The van der Waals surface area contributed by atoms with Gasteiger partial charge in [0.1, 0.15) is 5.82 Å². The molecule has 0 saturated carbocycles. The number of hydrogen-bond donors (Lipinski definition) is 2. The van der Waals surface area contributed by atoms with Crippen molar-refractivity contribution in [2.24, 2.45) is 0 Å². The van der Waals surface area contributed by atoms with Crippen LogP contribution in [0.25, 0.3) is 0 Å². The maximum atomic E-state index is 4.59. The van der Waals surface area contributed by atoms with Gasteiger partial charge in [0, 0.05) is 36.9 Å². The van der Waals surface area contributed by atoms with E-state index in [2.05, 4.69) is 39.3 Å². The second kappa shape index (κ2) is 5.95. The summed E-state index contributed by atoms with van der Waals surface area (Å²) in [5, 5.41) is 6.82. The van der Waals surface area contributed by atoms with Crippen molar-refractivity contribution < 1.29 is 0 Å². The Morgan fingerprint density at radius 2 is 2.25 bits per heavy atom. The Morgan fingerprint density at radius 1 is 1.35 bits per heavy atom. The molecule has 2 aliphatic heterocycles. The lowest BCUT2D eigenvalue weighted by atomic mass is 9.97. The molecule has 110 valence electrons. The molecule has 2 fully saturated rings. The van der Waals surface area contributed by atoms with Crippen molar-refractivity contribution in [1.82, 2.24) is 14.9 Å². The summed E-state index contributed by atoms with van der Waals surface area (Å²) in [5.74, 6) is 1.71. The second-order valence-corrected chi connectivity index (χ2v) is 5.95. The van der Waals surface area contributed by atoms with Gasteiger partial charge in [0.2, 0.25) is 5.95 Å². The Hall–Kier alpha value is -1.36. The van der Waals surface area contributed by atoms with Gasteiger partial charge in [0.25, 0.3) is 0 Å². The highest BCUT2D eigenvalue weighted by atomic mass is 15.2. The highest BCUT2D eigenvalue weighted by molar-refractivity contribution is 5.47. The summed E-state index contributed by atoms with van der Waals surface area (Å²) in [6.07, 6.45) is 7.10. The summed E-state index contributed by atoms with van der Waals surface area (Å²) < 4.78 is 0. The molecular weight excluding hydrogens is 250 g/mol. The van der Waals surface area contributed by atoms with Crippen molar-refractivity contribution in [2.75, 3.05) is 30.3 Å². The first-order valence-electron chi connectivity index (χ1n) is 7.84. The van der Waals surface area contributed by atoms with Gasteiger partial charge in [-0.05, 0) is 46.1 Å². The molecule has 5 nitrogen and oxygen atoms in total. The molecule has 1 aromatic rings. The van der Waals surface area contributed by atoms with Crippen LogP contribution in [-0.2, 0) is 0 Å². The van der Waals surface area contributed by atoms with Crippen LogP contribution in [0, 0.1) is 6.92 Å². The Bertz CT molecular complexity index is 462. The van der Waals surface area contributed by atoms with E-state index < -0.39 is 0 Å². The zero-order valence-electron chi connectivity index (χ0n) is 12.5. The minimum absolute atomic E-state index is 0.553. The molecule has 0 spiro atoms. The molecule has 0 aliphatic carbocycles. The van der Waals surface area contributed by atoms with Crippen LogP contribution in [0.5, 0.6) is 0 Å². The van der Waals surface area contributed by atoms with Gasteiger partial charge >= 0.3 is 0 Å². The summed E-state index contributed by atoms with van der Waals surface area (Å²) in [6, 6.07) is 1.34. The molecule has 2 unspecified atom stereocenters. The molecular formula is C15H25N5. The summed E-state index contributed by atoms with van der Waals surface area (Å²) in [7, 11) is 0. The summed E-state index contributed by atoms with van der Waals surface area (Å²) >= 11 is 0. The molecule has 1 aromatic heterocycles. The van der Waals surface area contributed by atoms with Gasteiger partial charge in [0.15, 0.2) is 0 Å². The number of nitrogens with zero attached hydrogens (tertiary/aromatic N) is 3. The fraction of sp³-hybridized carbons (Fsp3) is 0.733. The van der Waals surface area contributed by atoms with Crippen molar-refractivity contribution in [2.45, 2.75) is 51.6 Å². The maximum absolute atomic E-state index is 4.59. The predicted octanol–water partition coefficient (Wildman–Crippen LogP) is 2.26. The summed E-state index contributed by atoms with van der Waals surface area (Å²) in [4.78, 5) is 11.5. The first-order chi connectivity index (χ1) is 9.76. The molecule has 0 radical (unpaired) electrons. The van der Waals surface area contributed by atoms with Gasteiger partial charge in [-0.15, -0.1) is 0 Å². The van der Waals surface area contributed by atoms with Crippen LogP contribution < -0.4 is 10.6 Å². The lowest BCUT2D eigenvalue weighted by Gasteiger charge is -2.35. The second-order valence-electron chi connectivity index (χ2n) is 5.95. The van der Waals surface area contributed by atoms with Crippen LogP contribution >= 0.6 is 0 Å². The number of fused-ring (bicyclic) bond motifs is 1. The lowest BCUT2D eigenvalue weighted by Crippen LogP contribution is -2.43. The van der Waals surface area contributed by atoms with Crippen molar-refractivity contribution in [1.29, 1.82) is 0 Å². The molecule has 5 heteroatoms. The fourth-order valence-corrected chi connectivity index (χ4v) is 3.38. The van der Waals surface area contributed by atoms with Crippen molar-refractivity contribution in [3.05, 3.63) is 11.8 Å². The van der Waals surface area contributed by atoms with E-state index in [0.717, 1.165) is 29.9 Å². The van der Waals surface area contributed by atoms with Gasteiger partial charge in [-0.2, -0.15) is 4.98 Å². The highest BCUT2D eigenvalue weighted by Gasteiger charge is 2.31. The average Bonchev–Trinajstić information content (AvgIpc) is 2.90. The molecule has 0 aromatic carbocycles. The molecule has 2 aliphatic rings. The van der Waals surface area contributed by atoms with Crippen molar-refractivity contribution >= 4 is 11.8 Å². The number of rotatable bonds is 4. The summed E-state index contributed by atoms with van der Waals surface area (Å²) in [6.45, 7) is 7.51. The molecule has 2 saturated heterocycles. The van der Waals surface area contributed by atoms with Gasteiger partial charge in [-0.3, -0.25) is 0 Å². The zero-order valence-corrected chi connectivity index (χ0v) is 12.5. The number of nitrogens with one attached hydrogen (secondary N) is 2. The maximum Gasteiger partial charge on any atom is 0.224 e. The van der Waals surface area contributed by atoms with Gasteiger partial charge in [-0.25, -0.2) is 4.98 Å². The van der Waals surface area contributed by atoms with E-state index in [0.29, 0.717) is 6.04 Å². The lowest BCUT2D eigenvalue weighted by molar-refractivity contribution is 0.188. The Balaban J connectivity index is 1.66. The quantitative estimate of drug-likeness (QED) is 0.883. The molecule has 20 heavy (non-hydrogen) atoms. The smallest absolute Gasteiger partial charge is 0.224 e. The Morgan fingerprint density at radius 3 is 3.10 bits per heavy atom. The van der Waals surface area contributed by atoms with Crippen LogP contribution in [0.1, 0.15) is 38.2 Å². The van der Waals surface area contributed by atoms with Crippen LogP contribution in [-0.4, -0.2) is 46.6 Å². The normalized spacial score (nSPS) is 26.3. The molecule has 0 amide bonds. The SMILES string of the molecule is CCNc1ncc(C)c(NC2CCN3CCCC3C2)n1. The summed E-state index contributed by atoms with van der Waals surface area (Å²) in [5.41, 5.74) is 1.13. The zero-order chi connectivity index (χ0) is 13.9. The average molecular weight is 275 g/mol. The number of anilines is 2. The largest absolute Gasteiger partial charge is 0.367 e. The van der Waals surface area contributed by atoms with Gasteiger partial charge in [0.05, 0.1) is 0 Å². The van der Waals surface area contributed by atoms with E-state index in [9.17, 15) is 0 Å². The van der Waals surface area contributed by atoms with Gasteiger partial charge < -0.3 is 15.5 Å².